The van der Waals surface area contributed by atoms with Gasteiger partial charge in [0.1, 0.15) is 11.2 Å². The quantitative estimate of drug-likeness (QED) is 0.582. The molecule has 0 radical (unpaired) electrons. The van der Waals surface area contributed by atoms with Crippen molar-refractivity contribution < 1.29 is 4.74 Å². The molecule has 134 valence electrons. The largest absolute Gasteiger partial charge is 0.362 e. The van der Waals surface area contributed by atoms with Gasteiger partial charge in [-0.15, -0.1) is 0 Å². The molecule has 2 aromatic rings. The molecule has 0 amide bonds. The average molecular weight is 351 g/mol. The number of aromatic nitrogens is 3. The van der Waals surface area contributed by atoms with Crippen LogP contribution >= 0.6 is 0 Å². The van der Waals surface area contributed by atoms with E-state index in [9.17, 15) is 9.59 Å². The van der Waals surface area contributed by atoms with Gasteiger partial charge in [-0.2, -0.15) is 0 Å². The molecule has 6 heteroatoms. The van der Waals surface area contributed by atoms with Crippen LogP contribution in [0.3, 0.4) is 0 Å². The first-order valence-electron chi connectivity index (χ1n) is 9.14. The first-order chi connectivity index (χ1) is 12.2. The third kappa shape index (κ3) is 1.08. The van der Waals surface area contributed by atoms with Gasteiger partial charge in [0.25, 0.3) is 0 Å². The van der Waals surface area contributed by atoms with E-state index in [4.69, 9.17) is 4.74 Å². The Morgan fingerprint density at radius 1 is 1.00 bits per heavy atom. The molecule has 3 aliphatic heterocycles. The number of hydrogen-bond acceptors (Lipinski definition) is 3. The summed E-state index contributed by atoms with van der Waals surface area (Å²) in [6.07, 6.45) is 4.20. The SMILES string of the molecule is C[C@]12O[C@]1(C)[C@H]1[C@H]3C=C[C@@](C)(n4c(=O)n(-c5ccccc5)c(=O)n43)[C@@]12C. The van der Waals surface area contributed by atoms with Crippen LogP contribution in [0.25, 0.3) is 5.69 Å². The lowest BCUT2D eigenvalue weighted by molar-refractivity contribution is -0.148. The van der Waals surface area contributed by atoms with E-state index in [-0.39, 0.29) is 40.0 Å². The number of ether oxygens (including phenoxy) is 1. The molecule has 2 fully saturated rings. The lowest BCUT2D eigenvalue weighted by Crippen LogP contribution is -2.77. The molecule has 7 rings (SSSR count). The molecule has 1 aromatic carbocycles. The maximum absolute atomic E-state index is 13.4. The molecule has 5 aliphatic rings. The summed E-state index contributed by atoms with van der Waals surface area (Å²) in [6, 6.07) is 9.00. The van der Waals surface area contributed by atoms with Crippen LogP contribution in [0.15, 0.2) is 52.1 Å². The molecule has 1 aromatic heterocycles. The Labute approximate surface area is 150 Å². The van der Waals surface area contributed by atoms with Gasteiger partial charge in [0, 0.05) is 11.3 Å². The molecule has 2 aliphatic carbocycles. The zero-order valence-corrected chi connectivity index (χ0v) is 15.3. The first kappa shape index (κ1) is 14.8. The topological polar surface area (TPSA) is 61.5 Å². The van der Waals surface area contributed by atoms with Crippen LogP contribution in [0.1, 0.15) is 33.7 Å². The van der Waals surface area contributed by atoms with Crippen molar-refractivity contribution in [2.24, 2.45) is 11.3 Å². The highest BCUT2D eigenvalue weighted by molar-refractivity contribution is 5.46. The van der Waals surface area contributed by atoms with Crippen molar-refractivity contribution in [3.63, 3.8) is 0 Å². The molecular formula is C20H21N3O3. The maximum Gasteiger partial charge on any atom is 0.352 e. The summed E-state index contributed by atoms with van der Waals surface area (Å²) in [5.74, 6) is 0.179. The monoisotopic (exact) mass is 351 g/mol. The summed E-state index contributed by atoms with van der Waals surface area (Å²) < 4.78 is 10.8. The number of nitrogens with zero attached hydrogens (tertiary/aromatic N) is 3. The fraction of sp³-hybridized carbons (Fsp3) is 0.500. The standard InChI is InChI=1S/C20H21N3O3/c1-17-11-10-13(14-18(17,2)20(4)19(14,3)26-20)22-15(24)21(16(25)23(17)22)12-8-6-5-7-9-12/h5-11,13-14H,1-4H3/t13-,14+,17-,18-,19-,20-/m1/s1. The van der Waals surface area contributed by atoms with Crippen LogP contribution < -0.4 is 11.4 Å². The van der Waals surface area contributed by atoms with Crippen molar-refractivity contribution in [3.8, 4) is 5.69 Å². The summed E-state index contributed by atoms with van der Waals surface area (Å²) in [6.45, 7) is 8.55. The molecular weight excluding hydrogens is 330 g/mol. The van der Waals surface area contributed by atoms with Gasteiger partial charge in [0.05, 0.1) is 17.3 Å². The Morgan fingerprint density at radius 3 is 2.38 bits per heavy atom. The fourth-order valence-electron chi connectivity index (χ4n) is 6.64. The number of hydrogen-bond donors (Lipinski definition) is 0. The average Bonchev–Trinajstić information content (AvgIpc) is 2.98. The Balaban J connectivity index is 1.70. The van der Waals surface area contributed by atoms with Crippen LogP contribution in [0.2, 0.25) is 0 Å². The van der Waals surface area contributed by atoms with Gasteiger partial charge in [-0.25, -0.2) is 23.5 Å². The normalized spacial score (nSPS) is 46.3. The summed E-state index contributed by atoms with van der Waals surface area (Å²) in [7, 11) is 0. The van der Waals surface area contributed by atoms with Gasteiger partial charge in [-0.3, -0.25) is 0 Å². The molecule has 26 heavy (non-hydrogen) atoms. The molecule has 1 saturated carbocycles. The van der Waals surface area contributed by atoms with E-state index >= 15 is 0 Å². The number of rotatable bonds is 1. The van der Waals surface area contributed by atoms with Crippen molar-refractivity contribution in [2.75, 3.05) is 0 Å². The van der Waals surface area contributed by atoms with Crippen molar-refractivity contribution in [3.05, 3.63) is 63.5 Å². The van der Waals surface area contributed by atoms with E-state index in [1.54, 1.807) is 21.5 Å². The molecule has 6 atom stereocenters. The Kier molecular flexibility index (Phi) is 2.10. The van der Waals surface area contributed by atoms with Crippen LogP contribution in [0.5, 0.6) is 0 Å². The predicted octanol–water partition coefficient (Wildman–Crippen LogP) is 1.82. The highest BCUT2D eigenvalue weighted by Gasteiger charge is 2.94. The number of epoxide rings is 1. The predicted molar refractivity (Wildman–Crippen MR) is 95.6 cm³/mol. The van der Waals surface area contributed by atoms with Crippen LogP contribution in [-0.2, 0) is 10.3 Å². The minimum atomic E-state index is -0.604. The molecule has 0 spiro atoms. The van der Waals surface area contributed by atoms with E-state index < -0.39 is 5.54 Å². The third-order valence-corrected chi connectivity index (χ3v) is 8.25. The molecule has 2 bridgehead atoms. The van der Waals surface area contributed by atoms with Gasteiger partial charge < -0.3 is 4.74 Å². The molecule has 1 saturated heterocycles. The third-order valence-electron chi connectivity index (χ3n) is 8.25. The lowest BCUT2D eigenvalue weighted by atomic mass is 9.38. The van der Waals surface area contributed by atoms with Gasteiger partial charge >= 0.3 is 11.4 Å². The summed E-state index contributed by atoms with van der Waals surface area (Å²) >= 11 is 0. The summed E-state index contributed by atoms with van der Waals surface area (Å²) in [4.78, 5) is 26.7. The second-order valence-electron chi connectivity index (χ2n) is 8.81. The van der Waals surface area contributed by atoms with Gasteiger partial charge in [-0.1, -0.05) is 37.3 Å². The van der Waals surface area contributed by atoms with Gasteiger partial charge in [0.15, 0.2) is 0 Å². The van der Waals surface area contributed by atoms with E-state index in [1.807, 2.05) is 18.2 Å². The van der Waals surface area contributed by atoms with E-state index in [1.165, 1.54) is 4.57 Å². The second-order valence-corrected chi connectivity index (χ2v) is 8.81. The molecule has 0 N–H and O–H groups in total. The number of para-hydroxylation sites is 1. The van der Waals surface area contributed by atoms with Crippen molar-refractivity contribution in [1.29, 1.82) is 0 Å². The first-order valence-corrected chi connectivity index (χ1v) is 9.14. The Bertz CT molecular complexity index is 1140. The zero-order valence-electron chi connectivity index (χ0n) is 15.3. The maximum atomic E-state index is 13.4. The van der Waals surface area contributed by atoms with E-state index in [0.29, 0.717) is 5.69 Å². The summed E-state index contributed by atoms with van der Waals surface area (Å²) in [5.41, 5.74) is -1.28. The van der Waals surface area contributed by atoms with Crippen molar-refractivity contribution in [2.45, 2.75) is 50.5 Å². The van der Waals surface area contributed by atoms with Crippen LogP contribution in [0, 0.1) is 11.3 Å². The van der Waals surface area contributed by atoms with E-state index in [0.717, 1.165) is 0 Å². The Morgan fingerprint density at radius 2 is 1.69 bits per heavy atom. The van der Waals surface area contributed by atoms with Crippen molar-refractivity contribution >= 4 is 0 Å². The highest BCUT2D eigenvalue weighted by Crippen LogP contribution is 2.84. The summed E-state index contributed by atoms with van der Waals surface area (Å²) in [5, 5.41) is 0. The van der Waals surface area contributed by atoms with Crippen LogP contribution in [-0.4, -0.2) is 25.1 Å². The smallest absolute Gasteiger partial charge is 0.352 e. The van der Waals surface area contributed by atoms with Gasteiger partial charge in [0.2, 0.25) is 0 Å². The minimum Gasteiger partial charge on any atom is -0.362 e. The zero-order chi connectivity index (χ0) is 18.3. The van der Waals surface area contributed by atoms with Crippen LogP contribution in [0.4, 0.5) is 0 Å². The molecule has 4 heterocycles. The molecule has 6 nitrogen and oxygen atoms in total. The van der Waals surface area contributed by atoms with E-state index in [2.05, 4.69) is 39.8 Å². The Hall–Kier alpha value is -2.34. The van der Waals surface area contributed by atoms with Gasteiger partial charge in [-0.05, 0) is 32.9 Å². The second kappa shape index (κ2) is 3.69. The fourth-order valence-corrected chi connectivity index (χ4v) is 6.64. The number of benzene rings is 1. The minimum absolute atomic E-state index is 0.160. The number of fused-ring (bicyclic) bond motifs is 1. The lowest BCUT2D eigenvalue weighted by Gasteiger charge is -2.67. The van der Waals surface area contributed by atoms with Crippen molar-refractivity contribution in [1.82, 2.24) is 13.9 Å². The highest BCUT2D eigenvalue weighted by atomic mass is 16.6. The number of allylic oxidation sites excluding steroid dienone is 2. The molecule has 0 unspecified atom stereocenters.